The maximum atomic E-state index is 6.27. The molecule has 0 saturated heterocycles. The lowest BCUT2D eigenvalue weighted by atomic mass is 10.1. The predicted molar refractivity (Wildman–Crippen MR) is 83.9 cm³/mol. The van der Waals surface area contributed by atoms with Gasteiger partial charge in [0.2, 0.25) is 0 Å². The average molecular weight is 307 g/mol. The Balaban J connectivity index is 2.11. The number of benzene rings is 1. The standard InChI is InChI=1S/C14H15ClN4S/c1-2-19-14(10(15)8-17-19)13(18-16)12-7-9-5-3-4-6-11(9)20-12/h3-8,13,18H,2,16H2,1H3. The summed E-state index contributed by atoms with van der Waals surface area (Å²) in [6.45, 7) is 2.79. The molecule has 2 aromatic heterocycles. The van der Waals surface area contributed by atoms with Gasteiger partial charge in [-0.1, -0.05) is 29.8 Å². The van der Waals surface area contributed by atoms with Gasteiger partial charge in [0.05, 0.1) is 23.0 Å². The molecule has 104 valence electrons. The van der Waals surface area contributed by atoms with Crippen molar-refractivity contribution in [1.29, 1.82) is 0 Å². The SMILES string of the molecule is CCn1ncc(Cl)c1C(NN)c1cc2ccccc2s1. The monoisotopic (exact) mass is 306 g/mol. The minimum Gasteiger partial charge on any atom is -0.270 e. The minimum absolute atomic E-state index is 0.151. The summed E-state index contributed by atoms with van der Waals surface area (Å²) in [6, 6.07) is 10.3. The molecule has 20 heavy (non-hydrogen) atoms. The van der Waals surface area contributed by atoms with E-state index in [2.05, 4.69) is 28.7 Å². The van der Waals surface area contributed by atoms with Crippen molar-refractivity contribution in [2.24, 2.45) is 5.84 Å². The molecular weight excluding hydrogens is 292 g/mol. The Morgan fingerprint density at radius 3 is 2.95 bits per heavy atom. The van der Waals surface area contributed by atoms with Crippen molar-refractivity contribution in [2.75, 3.05) is 0 Å². The van der Waals surface area contributed by atoms with E-state index in [1.54, 1.807) is 17.5 Å². The highest BCUT2D eigenvalue weighted by molar-refractivity contribution is 7.19. The van der Waals surface area contributed by atoms with Crippen LogP contribution in [-0.2, 0) is 6.54 Å². The molecule has 3 N–H and O–H groups in total. The lowest BCUT2D eigenvalue weighted by molar-refractivity contribution is 0.548. The Hall–Kier alpha value is -1.40. The van der Waals surface area contributed by atoms with Crippen LogP contribution in [0.5, 0.6) is 0 Å². The normalized spacial score (nSPS) is 12.9. The van der Waals surface area contributed by atoms with Crippen molar-refractivity contribution in [3.05, 3.63) is 52.1 Å². The summed E-state index contributed by atoms with van der Waals surface area (Å²) in [7, 11) is 0. The van der Waals surface area contributed by atoms with E-state index in [1.165, 1.54) is 10.1 Å². The van der Waals surface area contributed by atoms with Crippen LogP contribution in [0.25, 0.3) is 10.1 Å². The topological polar surface area (TPSA) is 55.9 Å². The van der Waals surface area contributed by atoms with E-state index >= 15 is 0 Å². The summed E-state index contributed by atoms with van der Waals surface area (Å²) in [6.07, 6.45) is 1.66. The molecule has 1 unspecified atom stereocenters. The first-order valence-electron chi connectivity index (χ1n) is 6.40. The van der Waals surface area contributed by atoms with Gasteiger partial charge in [0.1, 0.15) is 0 Å². The summed E-state index contributed by atoms with van der Waals surface area (Å²) in [5.74, 6) is 5.77. The van der Waals surface area contributed by atoms with Gasteiger partial charge in [0.15, 0.2) is 0 Å². The third-order valence-electron chi connectivity index (χ3n) is 3.30. The Kier molecular flexibility index (Phi) is 3.76. The molecule has 0 aliphatic rings. The number of nitrogens with zero attached hydrogens (tertiary/aromatic N) is 2. The first kappa shape index (κ1) is 13.6. The number of nitrogens with two attached hydrogens (primary N) is 1. The molecule has 0 aliphatic heterocycles. The van der Waals surface area contributed by atoms with Crippen molar-refractivity contribution < 1.29 is 0 Å². The van der Waals surface area contributed by atoms with Crippen LogP contribution in [0.1, 0.15) is 23.5 Å². The van der Waals surface area contributed by atoms with Crippen LogP contribution in [-0.4, -0.2) is 9.78 Å². The van der Waals surface area contributed by atoms with Crippen LogP contribution in [0.15, 0.2) is 36.5 Å². The van der Waals surface area contributed by atoms with Crippen molar-refractivity contribution >= 4 is 33.0 Å². The van der Waals surface area contributed by atoms with E-state index < -0.39 is 0 Å². The minimum atomic E-state index is -0.151. The van der Waals surface area contributed by atoms with Gasteiger partial charge in [-0.15, -0.1) is 11.3 Å². The number of hydrogen-bond donors (Lipinski definition) is 2. The highest BCUT2D eigenvalue weighted by Gasteiger charge is 2.22. The number of nitrogens with one attached hydrogen (secondary N) is 1. The van der Waals surface area contributed by atoms with Gasteiger partial charge in [-0.2, -0.15) is 5.10 Å². The Labute approximate surface area is 126 Å². The molecule has 3 aromatic rings. The van der Waals surface area contributed by atoms with Gasteiger partial charge in [-0.25, -0.2) is 5.43 Å². The molecule has 6 heteroatoms. The Morgan fingerprint density at radius 1 is 1.45 bits per heavy atom. The molecule has 1 atom stereocenters. The lowest BCUT2D eigenvalue weighted by Gasteiger charge is -2.16. The number of hydrogen-bond acceptors (Lipinski definition) is 4. The van der Waals surface area contributed by atoms with E-state index in [0.717, 1.165) is 17.1 Å². The van der Waals surface area contributed by atoms with E-state index in [-0.39, 0.29) is 6.04 Å². The molecule has 0 bridgehead atoms. The van der Waals surface area contributed by atoms with Crippen LogP contribution in [0, 0.1) is 0 Å². The second-order valence-electron chi connectivity index (χ2n) is 4.48. The number of halogens is 1. The first-order valence-corrected chi connectivity index (χ1v) is 7.59. The van der Waals surface area contributed by atoms with Gasteiger partial charge >= 0.3 is 0 Å². The Bertz CT molecular complexity index is 701. The third kappa shape index (κ3) is 2.23. The van der Waals surface area contributed by atoms with Gasteiger partial charge in [-0.05, 0) is 24.4 Å². The van der Waals surface area contributed by atoms with Crippen molar-refractivity contribution in [1.82, 2.24) is 15.2 Å². The number of thiophene rings is 1. The number of aromatic nitrogens is 2. The largest absolute Gasteiger partial charge is 0.270 e. The fraction of sp³-hybridized carbons (Fsp3) is 0.214. The summed E-state index contributed by atoms with van der Waals surface area (Å²) in [5.41, 5.74) is 3.77. The zero-order valence-electron chi connectivity index (χ0n) is 11.0. The van der Waals surface area contributed by atoms with E-state index in [0.29, 0.717) is 5.02 Å². The number of aryl methyl sites for hydroxylation is 1. The second kappa shape index (κ2) is 5.54. The molecule has 0 fully saturated rings. The zero-order valence-corrected chi connectivity index (χ0v) is 12.6. The van der Waals surface area contributed by atoms with E-state index in [4.69, 9.17) is 17.4 Å². The fourth-order valence-corrected chi connectivity index (χ4v) is 3.73. The van der Waals surface area contributed by atoms with E-state index in [9.17, 15) is 0 Å². The summed E-state index contributed by atoms with van der Waals surface area (Å²) >= 11 is 7.99. The number of rotatable bonds is 4. The van der Waals surface area contributed by atoms with Gasteiger partial charge in [-0.3, -0.25) is 10.5 Å². The molecule has 0 saturated carbocycles. The molecule has 2 heterocycles. The van der Waals surface area contributed by atoms with Crippen LogP contribution in [0.3, 0.4) is 0 Å². The Morgan fingerprint density at radius 2 is 2.25 bits per heavy atom. The first-order chi connectivity index (χ1) is 9.74. The summed E-state index contributed by atoms with van der Waals surface area (Å²) in [5, 5.41) is 6.12. The fourth-order valence-electron chi connectivity index (χ4n) is 2.35. The summed E-state index contributed by atoms with van der Waals surface area (Å²) < 4.78 is 3.11. The second-order valence-corrected chi connectivity index (χ2v) is 6.00. The predicted octanol–water partition coefficient (Wildman–Crippen LogP) is 3.32. The molecule has 4 nitrogen and oxygen atoms in total. The lowest BCUT2D eigenvalue weighted by Crippen LogP contribution is -2.30. The molecule has 0 radical (unpaired) electrons. The van der Waals surface area contributed by atoms with E-state index in [1.807, 2.05) is 23.7 Å². The van der Waals surface area contributed by atoms with Crippen LogP contribution in [0.4, 0.5) is 0 Å². The highest BCUT2D eigenvalue weighted by Crippen LogP contribution is 2.35. The average Bonchev–Trinajstić information content (AvgIpc) is 3.04. The smallest absolute Gasteiger partial charge is 0.0985 e. The molecule has 1 aromatic carbocycles. The van der Waals surface area contributed by atoms with Gasteiger partial charge < -0.3 is 0 Å². The van der Waals surface area contributed by atoms with Crippen LogP contribution >= 0.6 is 22.9 Å². The highest BCUT2D eigenvalue weighted by atomic mass is 35.5. The molecule has 0 amide bonds. The van der Waals surface area contributed by atoms with Crippen LogP contribution < -0.4 is 11.3 Å². The third-order valence-corrected chi connectivity index (χ3v) is 4.77. The quantitative estimate of drug-likeness (QED) is 0.574. The maximum absolute atomic E-state index is 6.27. The van der Waals surface area contributed by atoms with Crippen molar-refractivity contribution in [3.8, 4) is 0 Å². The molecule has 0 spiro atoms. The number of hydrazine groups is 1. The zero-order chi connectivity index (χ0) is 14.1. The van der Waals surface area contributed by atoms with Gasteiger partial charge in [0.25, 0.3) is 0 Å². The molecule has 3 rings (SSSR count). The van der Waals surface area contributed by atoms with Gasteiger partial charge in [0, 0.05) is 16.1 Å². The molecule has 0 aliphatic carbocycles. The maximum Gasteiger partial charge on any atom is 0.0985 e. The van der Waals surface area contributed by atoms with Crippen molar-refractivity contribution in [2.45, 2.75) is 19.5 Å². The summed E-state index contributed by atoms with van der Waals surface area (Å²) in [4.78, 5) is 1.13. The van der Waals surface area contributed by atoms with Crippen molar-refractivity contribution in [3.63, 3.8) is 0 Å². The van der Waals surface area contributed by atoms with Crippen LogP contribution in [0.2, 0.25) is 5.02 Å². The number of fused-ring (bicyclic) bond motifs is 1. The molecular formula is C14H15ClN4S.